The third-order valence-electron chi connectivity index (χ3n) is 7.43. The summed E-state index contributed by atoms with van der Waals surface area (Å²) in [6, 6.07) is 4.08. The first kappa shape index (κ1) is 25.4. The number of aliphatic hydroxyl groups excluding tert-OH is 1. The van der Waals surface area contributed by atoms with Crippen molar-refractivity contribution in [3.63, 3.8) is 0 Å². The van der Waals surface area contributed by atoms with Gasteiger partial charge in [0.25, 0.3) is 5.91 Å². The standard InChI is InChI=1S/C27H37N7O3/c1-17(2)34-15-20(25(36)30-18-7-11-37-12-8-18)19-14-29-24(13-21(19)34)31-23-5-9-28-26(32-23)33-10-6-22(35)27(3,4)16-33/h5,9,13-15,17-18,22,35H,6-8,10-12,16H2,1-4H3,(H,30,36)(H,28,29,31,32). The quantitative estimate of drug-likeness (QED) is 0.463. The van der Waals surface area contributed by atoms with Gasteiger partial charge in [-0.15, -0.1) is 0 Å². The second-order valence-electron chi connectivity index (χ2n) is 11.1. The predicted octanol–water partition coefficient (Wildman–Crippen LogP) is 3.66. The van der Waals surface area contributed by atoms with Gasteiger partial charge >= 0.3 is 0 Å². The van der Waals surface area contributed by atoms with E-state index < -0.39 is 0 Å². The van der Waals surface area contributed by atoms with E-state index in [0.717, 1.165) is 23.7 Å². The van der Waals surface area contributed by atoms with Crippen LogP contribution >= 0.6 is 0 Å². The highest BCUT2D eigenvalue weighted by Gasteiger charge is 2.35. The summed E-state index contributed by atoms with van der Waals surface area (Å²) in [6.07, 6.45) is 7.42. The number of ether oxygens (including phenoxy) is 1. The average molecular weight is 508 g/mol. The molecule has 3 N–H and O–H groups in total. The van der Waals surface area contributed by atoms with Crippen LogP contribution in [-0.4, -0.2) is 69.0 Å². The molecule has 0 bridgehead atoms. The van der Waals surface area contributed by atoms with Crippen LogP contribution in [0.3, 0.4) is 0 Å². The van der Waals surface area contributed by atoms with Gasteiger partial charge in [-0.25, -0.2) is 9.97 Å². The van der Waals surface area contributed by atoms with Crippen molar-refractivity contribution in [2.45, 2.75) is 65.1 Å². The molecule has 0 aliphatic carbocycles. The van der Waals surface area contributed by atoms with Crippen molar-refractivity contribution in [2.75, 3.05) is 36.5 Å². The zero-order valence-electron chi connectivity index (χ0n) is 22.1. The summed E-state index contributed by atoms with van der Waals surface area (Å²) in [4.78, 5) is 29.1. The molecule has 0 spiro atoms. The SMILES string of the molecule is CC(C)n1cc(C(=O)NC2CCOCC2)c2cnc(Nc3ccnc(N4CCC(O)C(C)(C)C4)n3)cc21. The zero-order chi connectivity index (χ0) is 26.2. The lowest BCUT2D eigenvalue weighted by molar-refractivity contribution is 0.0332. The Kier molecular flexibility index (Phi) is 7.04. The van der Waals surface area contributed by atoms with Crippen LogP contribution < -0.4 is 15.5 Å². The number of amides is 1. The Labute approximate surface area is 217 Å². The molecule has 0 saturated carbocycles. The van der Waals surface area contributed by atoms with E-state index in [1.807, 2.05) is 18.3 Å². The van der Waals surface area contributed by atoms with Gasteiger partial charge in [-0.3, -0.25) is 4.79 Å². The number of aliphatic hydroxyl groups is 1. The van der Waals surface area contributed by atoms with Crippen LogP contribution in [0.25, 0.3) is 10.9 Å². The lowest BCUT2D eigenvalue weighted by Crippen LogP contribution is -2.49. The minimum absolute atomic E-state index is 0.0752. The Hall–Kier alpha value is -3.24. The highest BCUT2D eigenvalue weighted by molar-refractivity contribution is 6.07. The van der Waals surface area contributed by atoms with Crippen molar-refractivity contribution in [3.05, 3.63) is 36.3 Å². The maximum Gasteiger partial charge on any atom is 0.253 e. The molecule has 2 saturated heterocycles. The van der Waals surface area contributed by atoms with Crippen molar-refractivity contribution in [3.8, 4) is 0 Å². The molecule has 1 amide bonds. The van der Waals surface area contributed by atoms with Gasteiger partial charge in [0.1, 0.15) is 11.6 Å². The first-order valence-electron chi connectivity index (χ1n) is 13.1. The second kappa shape index (κ2) is 10.3. The molecule has 0 aromatic carbocycles. The third kappa shape index (κ3) is 5.40. The Morgan fingerprint density at radius 3 is 2.70 bits per heavy atom. The van der Waals surface area contributed by atoms with E-state index in [1.54, 1.807) is 12.4 Å². The van der Waals surface area contributed by atoms with Crippen LogP contribution in [0.1, 0.15) is 63.4 Å². The molecule has 2 aliphatic rings. The van der Waals surface area contributed by atoms with Crippen LogP contribution in [0.5, 0.6) is 0 Å². The number of anilines is 3. The molecule has 37 heavy (non-hydrogen) atoms. The number of carbonyl (C=O) groups excluding carboxylic acids is 1. The normalized spacial score (nSPS) is 20.4. The molecule has 5 heterocycles. The zero-order valence-corrected chi connectivity index (χ0v) is 22.1. The number of aromatic nitrogens is 4. The highest BCUT2D eigenvalue weighted by atomic mass is 16.5. The monoisotopic (exact) mass is 507 g/mol. The topological polar surface area (TPSA) is 117 Å². The van der Waals surface area contributed by atoms with Crippen molar-refractivity contribution in [1.82, 2.24) is 24.8 Å². The van der Waals surface area contributed by atoms with Gasteiger partial charge in [0.15, 0.2) is 0 Å². The number of hydrogen-bond donors (Lipinski definition) is 3. The van der Waals surface area contributed by atoms with E-state index in [1.165, 1.54) is 0 Å². The second-order valence-corrected chi connectivity index (χ2v) is 11.1. The number of fused-ring (bicyclic) bond motifs is 1. The van der Waals surface area contributed by atoms with E-state index in [2.05, 4.69) is 57.8 Å². The maximum absolute atomic E-state index is 13.1. The Bertz CT molecular complexity index is 1270. The van der Waals surface area contributed by atoms with Crippen LogP contribution in [0.2, 0.25) is 0 Å². The van der Waals surface area contributed by atoms with Gasteiger partial charge in [-0.1, -0.05) is 13.8 Å². The number of carbonyl (C=O) groups is 1. The summed E-state index contributed by atoms with van der Waals surface area (Å²) in [5, 5.41) is 17.6. The van der Waals surface area contributed by atoms with Gasteiger partial charge < -0.3 is 29.9 Å². The Morgan fingerprint density at radius 1 is 1.19 bits per heavy atom. The summed E-state index contributed by atoms with van der Waals surface area (Å²) >= 11 is 0. The summed E-state index contributed by atoms with van der Waals surface area (Å²) in [7, 11) is 0. The van der Waals surface area contributed by atoms with Gasteiger partial charge in [0.2, 0.25) is 5.95 Å². The molecule has 3 aromatic heterocycles. The van der Waals surface area contributed by atoms with E-state index in [0.29, 0.717) is 55.9 Å². The molecule has 0 radical (unpaired) electrons. The summed E-state index contributed by atoms with van der Waals surface area (Å²) < 4.78 is 7.52. The van der Waals surface area contributed by atoms with Crippen LogP contribution in [0.4, 0.5) is 17.6 Å². The fraction of sp³-hybridized carbons (Fsp3) is 0.556. The van der Waals surface area contributed by atoms with Gasteiger partial charge in [0.05, 0.1) is 17.2 Å². The van der Waals surface area contributed by atoms with Crippen molar-refractivity contribution >= 4 is 34.4 Å². The number of nitrogens with zero attached hydrogens (tertiary/aromatic N) is 5. The summed E-state index contributed by atoms with van der Waals surface area (Å²) in [5.74, 6) is 1.83. The lowest BCUT2D eigenvalue weighted by Gasteiger charge is -2.41. The highest BCUT2D eigenvalue weighted by Crippen LogP contribution is 2.31. The van der Waals surface area contributed by atoms with Crippen molar-refractivity contribution < 1.29 is 14.6 Å². The first-order valence-corrected chi connectivity index (χ1v) is 13.1. The number of piperidine rings is 1. The largest absolute Gasteiger partial charge is 0.392 e. The molecule has 3 aromatic rings. The van der Waals surface area contributed by atoms with Gasteiger partial charge in [-0.2, -0.15) is 4.98 Å². The Morgan fingerprint density at radius 2 is 1.97 bits per heavy atom. The van der Waals surface area contributed by atoms with E-state index in [4.69, 9.17) is 9.72 Å². The first-order chi connectivity index (χ1) is 17.7. The number of pyridine rings is 1. The average Bonchev–Trinajstić information content (AvgIpc) is 3.26. The summed E-state index contributed by atoms with van der Waals surface area (Å²) in [6.45, 7) is 11.1. The molecule has 10 nitrogen and oxygen atoms in total. The minimum atomic E-state index is -0.332. The lowest BCUT2D eigenvalue weighted by atomic mass is 9.81. The van der Waals surface area contributed by atoms with Crippen LogP contribution in [0.15, 0.2) is 30.7 Å². The van der Waals surface area contributed by atoms with Crippen molar-refractivity contribution in [2.24, 2.45) is 5.41 Å². The maximum atomic E-state index is 13.1. The molecule has 2 fully saturated rings. The fourth-order valence-electron chi connectivity index (χ4n) is 5.14. The summed E-state index contributed by atoms with van der Waals surface area (Å²) in [5.41, 5.74) is 1.34. The molecule has 2 aliphatic heterocycles. The fourth-order valence-corrected chi connectivity index (χ4v) is 5.14. The molecule has 1 atom stereocenters. The van der Waals surface area contributed by atoms with E-state index in [-0.39, 0.29) is 29.5 Å². The third-order valence-corrected chi connectivity index (χ3v) is 7.43. The predicted molar refractivity (Wildman–Crippen MR) is 143 cm³/mol. The van der Waals surface area contributed by atoms with Crippen molar-refractivity contribution in [1.29, 1.82) is 0 Å². The number of hydrogen-bond acceptors (Lipinski definition) is 8. The van der Waals surface area contributed by atoms with Crippen LogP contribution in [0, 0.1) is 5.41 Å². The smallest absolute Gasteiger partial charge is 0.253 e. The van der Waals surface area contributed by atoms with E-state index >= 15 is 0 Å². The molecule has 1 unspecified atom stereocenters. The van der Waals surface area contributed by atoms with Gasteiger partial charge in [0, 0.05) is 73.8 Å². The van der Waals surface area contributed by atoms with Crippen LogP contribution in [-0.2, 0) is 4.74 Å². The molecule has 5 rings (SSSR count). The van der Waals surface area contributed by atoms with Gasteiger partial charge in [-0.05, 0) is 39.2 Å². The number of rotatable bonds is 6. The number of nitrogens with one attached hydrogen (secondary N) is 2. The minimum Gasteiger partial charge on any atom is -0.392 e. The molecular formula is C27H37N7O3. The molecule has 198 valence electrons. The molecular weight excluding hydrogens is 470 g/mol. The Balaban J connectivity index is 1.38. The van der Waals surface area contributed by atoms with E-state index in [9.17, 15) is 9.90 Å². The molecule has 10 heteroatoms.